The van der Waals surface area contributed by atoms with Crippen molar-refractivity contribution >= 4 is 15.7 Å². The van der Waals surface area contributed by atoms with Crippen molar-refractivity contribution in [3.63, 3.8) is 0 Å². The van der Waals surface area contributed by atoms with Gasteiger partial charge in [-0.15, -0.1) is 0 Å². The Morgan fingerprint density at radius 3 is 2.27 bits per heavy atom. The Balaban J connectivity index is 0. The number of hydrogen-bond acceptors (Lipinski definition) is 2. The summed E-state index contributed by atoms with van der Waals surface area (Å²) >= 11 is 0. The van der Waals surface area contributed by atoms with Crippen LogP contribution in [0.2, 0.25) is 0 Å². The van der Waals surface area contributed by atoms with Gasteiger partial charge in [-0.05, 0) is 6.92 Å². The van der Waals surface area contributed by atoms with Crippen molar-refractivity contribution in [3.8, 4) is 0 Å². The van der Waals surface area contributed by atoms with Gasteiger partial charge in [0.2, 0.25) is 0 Å². The molecule has 0 aliphatic carbocycles. The Bertz CT molecular complexity index is 106. The zero-order valence-electron chi connectivity index (χ0n) is 7.81. The first kappa shape index (κ1) is 13.6. The van der Waals surface area contributed by atoms with E-state index in [-0.39, 0.29) is 9.90 Å². The highest BCUT2D eigenvalue weighted by atomic mass is 31.0. The number of ketones is 1. The zero-order chi connectivity index (χ0) is 7.98. The van der Waals surface area contributed by atoms with E-state index in [1.54, 1.807) is 0 Å². The number of carbonyl (C=O) groups is 1. The van der Waals surface area contributed by atoms with Gasteiger partial charge in [-0.3, -0.25) is 4.79 Å². The standard InChI is InChI=1S/C6H11NO.C2H6.H3P/c1-5-4-6(8)2-3-7-5;1-2;/h5,7H,2-4H2,1H3;1-2H3;1H3. The van der Waals surface area contributed by atoms with Crippen LogP contribution in [-0.2, 0) is 4.79 Å². The van der Waals surface area contributed by atoms with Crippen molar-refractivity contribution in [3.05, 3.63) is 0 Å². The van der Waals surface area contributed by atoms with Gasteiger partial charge in [0.1, 0.15) is 5.78 Å². The van der Waals surface area contributed by atoms with E-state index in [9.17, 15) is 4.79 Å². The molecule has 2 nitrogen and oxygen atoms in total. The maximum atomic E-state index is 10.6. The minimum Gasteiger partial charge on any atom is -0.313 e. The summed E-state index contributed by atoms with van der Waals surface area (Å²) < 4.78 is 0. The molecule has 1 N–H and O–H groups in total. The molecule has 68 valence electrons. The molecule has 3 heteroatoms. The van der Waals surface area contributed by atoms with Gasteiger partial charge < -0.3 is 5.32 Å². The predicted molar refractivity (Wildman–Crippen MR) is 54.2 cm³/mol. The maximum absolute atomic E-state index is 10.6. The van der Waals surface area contributed by atoms with Crippen LogP contribution >= 0.6 is 9.90 Å². The first-order valence-corrected chi connectivity index (χ1v) is 4.04. The average Bonchev–Trinajstić information content (AvgIpc) is 1.91. The highest BCUT2D eigenvalue weighted by Gasteiger charge is 2.13. The fourth-order valence-electron chi connectivity index (χ4n) is 0.974. The van der Waals surface area contributed by atoms with E-state index in [1.807, 2.05) is 20.8 Å². The number of carbonyl (C=O) groups excluding carboxylic acids is 1. The van der Waals surface area contributed by atoms with Crippen LogP contribution < -0.4 is 5.32 Å². The molecular weight excluding hydrogens is 157 g/mol. The summed E-state index contributed by atoms with van der Waals surface area (Å²) in [6.45, 7) is 6.91. The van der Waals surface area contributed by atoms with E-state index in [0.29, 0.717) is 11.8 Å². The summed E-state index contributed by atoms with van der Waals surface area (Å²) in [6.07, 6.45) is 1.45. The Hall–Kier alpha value is 0.0600. The van der Waals surface area contributed by atoms with E-state index in [2.05, 4.69) is 5.32 Å². The Morgan fingerprint density at radius 1 is 1.45 bits per heavy atom. The van der Waals surface area contributed by atoms with Gasteiger partial charge >= 0.3 is 0 Å². The molecule has 0 aromatic carbocycles. The summed E-state index contributed by atoms with van der Waals surface area (Å²) in [5.41, 5.74) is 0. The summed E-state index contributed by atoms with van der Waals surface area (Å²) in [7, 11) is 0. The molecule has 0 amide bonds. The minimum absolute atomic E-state index is 0. The lowest BCUT2D eigenvalue weighted by molar-refractivity contribution is -0.120. The van der Waals surface area contributed by atoms with E-state index < -0.39 is 0 Å². The van der Waals surface area contributed by atoms with Crippen LogP contribution in [0.4, 0.5) is 0 Å². The second-order valence-corrected chi connectivity index (χ2v) is 2.35. The Labute approximate surface area is 72.8 Å². The molecule has 0 aromatic heterocycles. The monoisotopic (exact) mass is 177 g/mol. The van der Waals surface area contributed by atoms with Crippen LogP contribution in [0.3, 0.4) is 0 Å². The van der Waals surface area contributed by atoms with Crippen LogP contribution in [0.1, 0.15) is 33.6 Å². The average molecular weight is 177 g/mol. The molecular formula is C8H20NOP. The highest BCUT2D eigenvalue weighted by Crippen LogP contribution is 2.00. The summed E-state index contributed by atoms with van der Waals surface area (Å²) in [5.74, 6) is 0.399. The van der Waals surface area contributed by atoms with Gasteiger partial charge in [0, 0.05) is 25.4 Å². The van der Waals surface area contributed by atoms with Crippen LogP contribution in [0, 0.1) is 0 Å². The molecule has 1 aliphatic rings. The fraction of sp³-hybridized carbons (Fsp3) is 0.875. The summed E-state index contributed by atoms with van der Waals surface area (Å²) in [4.78, 5) is 10.6. The van der Waals surface area contributed by atoms with E-state index >= 15 is 0 Å². The van der Waals surface area contributed by atoms with Gasteiger partial charge in [-0.2, -0.15) is 9.90 Å². The molecule has 2 atom stereocenters. The number of piperidine rings is 1. The number of hydrogen-bond donors (Lipinski definition) is 1. The molecule has 0 radical (unpaired) electrons. The van der Waals surface area contributed by atoms with Crippen molar-refractivity contribution in [2.75, 3.05) is 6.54 Å². The lowest BCUT2D eigenvalue weighted by Crippen LogP contribution is -2.35. The van der Waals surface area contributed by atoms with Crippen molar-refractivity contribution in [1.29, 1.82) is 0 Å². The molecule has 1 fully saturated rings. The summed E-state index contributed by atoms with van der Waals surface area (Å²) in [6, 6.07) is 0.413. The number of Topliss-reactive ketones (excluding diaryl/α,β-unsaturated/α-hetero) is 1. The molecule has 11 heavy (non-hydrogen) atoms. The van der Waals surface area contributed by atoms with Gasteiger partial charge in [-0.1, -0.05) is 13.8 Å². The zero-order valence-corrected chi connectivity index (χ0v) is 9.23. The van der Waals surface area contributed by atoms with E-state index in [1.165, 1.54) is 0 Å². The van der Waals surface area contributed by atoms with Crippen LogP contribution in [-0.4, -0.2) is 18.4 Å². The molecule has 0 saturated carbocycles. The lowest BCUT2D eigenvalue weighted by atomic mass is 10.1. The van der Waals surface area contributed by atoms with Crippen LogP contribution in [0.5, 0.6) is 0 Å². The molecule has 2 unspecified atom stereocenters. The molecule has 1 saturated heterocycles. The minimum atomic E-state index is 0. The van der Waals surface area contributed by atoms with Crippen molar-refractivity contribution in [2.45, 2.75) is 39.7 Å². The van der Waals surface area contributed by atoms with Gasteiger partial charge in [-0.25, -0.2) is 0 Å². The molecule has 0 spiro atoms. The van der Waals surface area contributed by atoms with Crippen molar-refractivity contribution in [2.24, 2.45) is 0 Å². The number of rotatable bonds is 0. The molecule has 0 aromatic rings. The smallest absolute Gasteiger partial charge is 0.135 e. The molecule has 0 bridgehead atoms. The second-order valence-electron chi connectivity index (χ2n) is 2.35. The Morgan fingerprint density at radius 2 is 2.00 bits per heavy atom. The third-order valence-electron chi connectivity index (χ3n) is 1.43. The summed E-state index contributed by atoms with van der Waals surface area (Å²) in [5, 5.41) is 3.19. The van der Waals surface area contributed by atoms with Crippen LogP contribution in [0.25, 0.3) is 0 Å². The van der Waals surface area contributed by atoms with Crippen molar-refractivity contribution < 1.29 is 4.79 Å². The first-order valence-electron chi connectivity index (χ1n) is 4.04. The maximum Gasteiger partial charge on any atom is 0.135 e. The lowest BCUT2D eigenvalue weighted by Gasteiger charge is -2.17. The SMILES string of the molecule is CC.CC1CC(=O)CCN1.P. The predicted octanol–water partition coefficient (Wildman–Crippen LogP) is 1.41. The van der Waals surface area contributed by atoms with Crippen LogP contribution in [0.15, 0.2) is 0 Å². The third kappa shape index (κ3) is 6.46. The quantitative estimate of drug-likeness (QED) is 0.567. The third-order valence-corrected chi connectivity index (χ3v) is 1.43. The first-order chi connectivity index (χ1) is 4.79. The topological polar surface area (TPSA) is 29.1 Å². The normalized spacial score (nSPS) is 22.8. The Kier molecular flexibility index (Phi) is 10.1. The fourth-order valence-corrected chi connectivity index (χ4v) is 0.974. The van der Waals surface area contributed by atoms with Gasteiger partial charge in [0.15, 0.2) is 0 Å². The second kappa shape index (κ2) is 8.16. The van der Waals surface area contributed by atoms with E-state index in [0.717, 1.165) is 19.4 Å². The van der Waals surface area contributed by atoms with Gasteiger partial charge in [0.25, 0.3) is 0 Å². The number of nitrogens with one attached hydrogen (secondary N) is 1. The largest absolute Gasteiger partial charge is 0.313 e. The molecule has 1 rings (SSSR count). The molecule has 1 aliphatic heterocycles. The van der Waals surface area contributed by atoms with Crippen molar-refractivity contribution in [1.82, 2.24) is 5.32 Å². The van der Waals surface area contributed by atoms with Gasteiger partial charge in [0.05, 0.1) is 0 Å². The highest BCUT2D eigenvalue weighted by molar-refractivity contribution is 6.92. The molecule has 1 heterocycles. The van der Waals surface area contributed by atoms with E-state index in [4.69, 9.17) is 0 Å².